The summed E-state index contributed by atoms with van der Waals surface area (Å²) in [5.74, 6) is 1.66. The number of hydrogen-bond donors (Lipinski definition) is 1. The second-order valence-electron chi connectivity index (χ2n) is 6.52. The van der Waals surface area contributed by atoms with E-state index in [1.807, 2.05) is 30.3 Å². The topological polar surface area (TPSA) is 60.0 Å². The molecular formula is C22H30N2O4. The summed E-state index contributed by atoms with van der Waals surface area (Å²) in [5.41, 5.74) is 2.53. The Bertz CT molecular complexity index is 775. The van der Waals surface area contributed by atoms with E-state index in [2.05, 4.69) is 24.2 Å². The first-order valence-electron chi connectivity index (χ1n) is 9.42. The van der Waals surface area contributed by atoms with Crippen molar-refractivity contribution in [1.29, 1.82) is 0 Å². The zero-order chi connectivity index (χ0) is 20.5. The number of anilines is 1. The number of ether oxygens (including phenoxy) is 3. The van der Waals surface area contributed by atoms with Crippen LogP contribution in [0.1, 0.15) is 35.7 Å². The molecule has 0 saturated carbocycles. The molecular weight excluding hydrogens is 356 g/mol. The first-order chi connectivity index (χ1) is 13.5. The summed E-state index contributed by atoms with van der Waals surface area (Å²) in [6.07, 6.45) is 2.30. The monoisotopic (exact) mass is 386 g/mol. The van der Waals surface area contributed by atoms with Crippen LogP contribution in [-0.4, -0.2) is 40.8 Å². The van der Waals surface area contributed by atoms with Gasteiger partial charge in [-0.15, -0.1) is 0 Å². The number of nitrogens with zero attached hydrogens (tertiary/aromatic N) is 1. The van der Waals surface area contributed by atoms with Gasteiger partial charge in [-0.1, -0.05) is 13.3 Å². The van der Waals surface area contributed by atoms with E-state index in [0.29, 0.717) is 29.4 Å². The lowest BCUT2D eigenvalue weighted by Crippen LogP contribution is -2.23. The SMILES string of the molecule is CCCCN(C)c1ccc(C(=O)NCc2cc(OC)c(OC)cc2OC)cc1. The summed E-state index contributed by atoms with van der Waals surface area (Å²) in [6.45, 7) is 3.50. The summed E-state index contributed by atoms with van der Waals surface area (Å²) in [7, 11) is 6.79. The molecule has 0 heterocycles. The maximum absolute atomic E-state index is 12.5. The van der Waals surface area contributed by atoms with Gasteiger partial charge in [0.2, 0.25) is 0 Å². The highest BCUT2D eigenvalue weighted by Crippen LogP contribution is 2.34. The molecule has 1 N–H and O–H groups in total. The van der Waals surface area contributed by atoms with E-state index in [-0.39, 0.29) is 5.91 Å². The lowest BCUT2D eigenvalue weighted by atomic mass is 10.1. The highest BCUT2D eigenvalue weighted by atomic mass is 16.5. The van der Waals surface area contributed by atoms with Crippen LogP contribution in [0.15, 0.2) is 36.4 Å². The van der Waals surface area contributed by atoms with E-state index in [4.69, 9.17) is 14.2 Å². The molecule has 152 valence electrons. The second-order valence-corrected chi connectivity index (χ2v) is 6.52. The van der Waals surface area contributed by atoms with Crippen molar-refractivity contribution in [2.45, 2.75) is 26.3 Å². The van der Waals surface area contributed by atoms with E-state index in [9.17, 15) is 4.79 Å². The molecule has 2 rings (SSSR count). The molecule has 0 radical (unpaired) electrons. The number of amides is 1. The van der Waals surface area contributed by atoms with Crippen molar-refractivity contribution in [3.8, 4) is 17.2 Å². The van der Waals surface area contributed by atoms with Gasteiger partial charge in [-0.05, 0) is 36.8 Å². The zero-order valence-electron chi connectivity index (χ0n) is 17.4. The fourth-order valence-electron chi connectivity index (χ4n) is 2.90. The van der Waals surface area contributed by atoms with Crippen molar-refractivity contribution in [2.24, 2.45) is 0 Å². The molecule has 6 heteroatoms. The van der Waals surface area contributed by atoms with Gasteiger partial charge in [-0.3, -0.25) is 4.79 Å². The molecule has 0 fully saturated rings. The van der Waals surface area contributed by atoms with Gasteiger partial charge in [0.1, 0.15) is 5.75 Å². The number of benzene rings is 2. The molecule has 2 aromatic rings. The van der Waals surface area contributed by atoms with E-state index < -0.39 is 0 Å². The number of hydrogen-bond acceptors (Lipinski definition) is 5. The molecule has 0 atom stereocenters. The third-order valence-corrected chi connectivity index (χ3v) is 4.64. The van der Waals surface area contributed by atoms with Crippen molar-refractivity contribution < 1.29 is 19.0 Å². The Balaban J connectivity index is 2.05. The Morgan fingerprint density at radius 3 is 2.14 bits per heavy atom. The standard InChI is InChI=1S/C22H30N2O4/c1-6-7-12-24(2)18-10-8-16(9-11-18)22(25)23-15-17-13-20(27-4)21(28-5)14-19(17)26-3/h8-11,13-14H,6-7,12,15H2,1-5H3,(H,23,25). The Morgan fingerprint density at radius 1 is 0.964 bits per heavy atom. The van der Waals surface area contributed by atoms with Gasteiger partial charge in [-0.2, -0.15) is 0 Å². The fourth-order valence-corrected chi connectivity index (χ4v) is 2.90. The highest BCUT2D eigenvalue weighted by molar-refractivity contribution is 5.94. The molecule has 28 heavy (non-hydrogen) atoms. The van der Waals surface area contributed by atoms with Crippen LogP contribution in [0.5, 0.6) is 17.2 Å². The summed E-state index contributed by atoms with van der Waals surface area (Å²) in [5, 5.41) is 2.93. The van der Waals surface area contributed by atoms with Crippen molar-refractivity contribution >= 4 is 11.6 Å². The molecule has 0 aliphatic carbocycles. The Hall–Kier alpha value is -2.89. The predicted octanol–water partition coefficient (Wildman–Crippen LogP) is 3.88. The summed E-state index contributed by atoms with van der Waals surface area (Å²) >= 11 is 0. The van der Waals surface area contributed by atoms with Crippen LogP contribution in [0.25, 0.3) is 0 Å². The molecule has 0 unspecified atom stereocenters. The van der Waals surface area contributed by atoms with Crippen molar-refractivity contribution in [1.82, 2.24) is 5.32 Å². The smallest absolute Gasteiger partial charge is 0.251 e. The van der Waals surface area contributed by atoms with Gasteiger partial charge in [0.25, 0.3) is 5.91 Å². The number of rotatable bonds is 10. The van der Waals surface area contributed by atoms with Crippen molar-refractivity contribution in [3.63, 3.8) is 0 Å². The van der Waals surface area contributed by atoms with Gasteiger partial charge in [0.05, 0.1) is 21.3 Å². The average Bonchev–Trinajstić information content (AvgIpc) is 2.75. The minimum absolute atomic E-state index is 0.139. The van der Waals surface area contributed by atoms with E-state index >= 15 is 0 Å². The maximum Gasteiger partial charge on any atom is 0.251 e. The molecule has 0 saturated heterocycles. The maximum atomic E-state index is 12.5. The Labute approximate surface area is 167 Å². The van der Waals surface area contributed by atoms with Gasteiger partial charge < -0.3 is 24.4 Å². The fraction of sp³-hybridized carbons (Fsp3) is 0.409. The lowest BCUT2D eigenvalue weighted by Gasteiger charge is -2.19. The third-order valence-electron chi connectivity index (χ3n) is 4.64. The lowest BCUT2D eigenvalue weighted by molar-refractivity contribution is 0.0950. The minimum atomic E-state index is -0.139. The Kier molecular flexibility index (Phi) is 7.99. The van der Waals surface area contributed by atoms with Crippen LogP contribution < -0.4 is 24.4 Å². The van der Waals surface area contributed by atoms with Crippen LogP contribution >= 0.6 is 0 Å². The molecule has 0 bridgehead atoms. The van der Waals surface area contributed by atoms with Crippen LogP contribution in [-0.2, 0) is 6.54 Å². The third kappa shape index (κ3) is 5.31. The summed E-state index contributed by atoms with van der Waals surface area (Å²) < 4.78 is 16.0. The molecule has 0 aromatic heterocycles. The van der Waals surface area contributed by atoms with Crippen LogP contribution in [0.2, 0.25) is 0 Å². The largest absolute Gasteiger partial charge is 0.496 e. The summed E-state index contributed by atoms with van der Waals surface area (Å²) in [6, 6.07) is 11.2. The molecule has 0 aliphatic rings. The first kappa shape index (κ1) is 21.4. The van der Waals surface area contributed by atoms with E-state index in [1.54, 1.807) is 27.4 Å². The Morgan fingerprint density at radius 2 is 1.57 bits per heavy atom. The second kappa shape index (κ2) is 10.4. The van der Waals surface area contributed by atoms with Gasteiger partial charge in [-0.25, -0.2) is 0 Å². The molecule has 2 aromatic carbocycles. The summed E-state index contributed by atoms with van der Waals surface area (Å²) in [4.78, 5) is 14.7. The van der Waals surface area contributed by atoms with Crippen LogP contribution in [0.3, 0.4) is 0 Å². The normalized spacial score (nSPS) is 10.3. The first-order valence-corrected chi connectivity index (χ1v) is 9.42. The zero-order valence-corrected chi connectivity index (χ0v) is 17.4. The van der Waals surface area contributed by atoms with Crippen molar-refractivity contribution in [3.05, 3.63) is 47.5 Å². The van der Waals surface area contributed by atoms with Crippen LogP contribution in [0.4, 0.5) is 5.69 Å². The number of unbranched alkanes of at least 4 members (excludes halogenated alkanes) is 1. The average molecular weight is 386 g/mol. The highest BCUT2D eigenvalue weighted by Gasteiger charge is 2.13. The molecule has 0 aliphatic heterocycles. The quantitative estimate of drug-likeness (QED) is 0.671. The molecule has 0 spiro atoms. The van der Waals surface area contributed by atoms with E-state index in [1.165, 1.54) is 0 Å². The number of carbonyl (C=O) groups is 1. The molecule has 6 nitrogen and oxygen atoms in total. The minimum Gasteiger partial charge on any atom is -0.496 e. The number of methoxy groups -OCH3 is 3. The van der Waals surface area contributed by atoms with Gasteiger partial charge in [0.15, 0.2) is 11.5 Å². The predicted molar refractivity (Wildman–Crippen MR) is 112 cm³/mol. The van der Waals surface area contributed by atoms with E-state index in [0.717, 1.165) is 30.6 Å². The van der Waals surface area contributed by atoms with Crippen LogP contribution in [0, 0.1) is 0 Å². The number of nitrogens with one attached hydrogen (secondary N) is 1. The van der Waals surface area contributed by atoms with Gasteiger partial charge >= 0.3 is 0 Å². The number of carbonyl (C=O) groups excluding carboxylic acids is 1. The molecule has 1 amide bonds. The van der Waals surface area contributed by atoms with Crippen molar-refractivity contribution in [2.75, 3.05) is 39.8 Å². The van der Waals surface area contributed by atoms with Gasteiger partial charge in [0, 0.05) is 43.0 Å².